The van der Waals surface area contributed by atoms with Crippen molar-refractivity contribution in [1.82, 2.24) is 9.88 Å². The van der Waals surface area contributed by atoms with Crippen molar-refractivity contribution < 1.29 is 0 Å². The largest absolute Gasteiger partial charge is 0.364 e. The second-order valence-corrected chi connectivity index (χ2v) is 3.85. The summed E-state index contributed by atoms with van der Waals surface area (Å²) in [4.78, 5) is 5.67. The highest BCUT2D eigenvalue weighted by Crippen LogP contribution is 2.22. The second kappa shape index (κ2) is 3.52. The van der Waals surface area contributed by atoms with Crippen LogP contribution in [0, 0.1) is 0 Å². The third kappa shape index (κ3) is 1.76. The van der Waals surface area contributed by atoms with Crippen LogP contribution in [0.3, 0.4) is 0 Å². The van der Waals surface area contributed by atoms with Gasteiger partial charge in [-0.25, -0.2) is 0 Å². The molecule has 1 aromatic rings. The molecule has 3 nitrogen and oxygen atoms in total. The van der Waals surface area contributed by atoms with Gasteiger partial charge in [0.15, 0.2) is 0 Å². The normalized spacial score (nSPS) is 26.5. The molecule has 13 heavy (non-hydrogen) atoms. The van der Waals surface area contributed by atoms with E-state index in [2.05, 4.69) is 22.9 Å². The molecule has 0 spiro atoms. The molecule has 0 amide bonds. The Balaban J connectivity index is 2.02. The molecule has 3 heteroatoms. The molecule has 1 unspecified atom stereocenters. The molecule has 0 bridgehead atoms. The molecule has 1 saturated heterocycles. The number of likely N-dealkylation sites (tertiary alicyclic amines) is 1. The third-order valence-electron chi connectivity index (χ3n) is 2.88. The van der Waals surface area contributed by atoms with E-state index in [1.165, 1.54) is 5.69 Å². The summed E-state index contributed by atoms with van der Waals surface area (Å²) in [6.45, 7) is 4.38. The Morgan fingerprint density at radius 2 is 2.54 bits per heavy atom. The Morgan fingerprint density at radius 3 is 3.08 bits per heavy atom. The maximum absolute atomic E-state index is 5.86. The number of nitrogens with two attached hydrogens (primary N) is 1. The standard InChI is InChI=1S/C10H17N3/c1-8(10-3-2-5-12-10)13-6-4-9(11)7-13/h2-3,5,8-9,12H,4,6-7,11H2,1H3/t8?,9-/m1/s1. The van der Waals surface area contributed by atoms with Gasteiger partial charge in [0.05, 0.1) is 0 Å². The van der Waals surface area contributed by atoms with Gasteiger partial charge in [-0.05, 0) is 25.5 Å². The monoisotopic (exact) mass is 179 g/mol. The zero-order chi connectivity index (χ0) is 9.26. The van der Waals surface area contributed by atoms with Gasteiger partial charge in [-0.2, -0.15) is 0 Å². The van der Waals surface area contributed by atoms with Crippen molar-refractivity contribution in [2.75, 3.05) is 13.1 Å². The van der Waals surface area contributed by atoms with Crippen molar-refractivity contribution in [1.29, 1.82) is 0 Å². The van der Waals surface area contributed by atoms with E-state index in [9.17, 15) is 0 Å². The van der Waals surface area contributed by atoms with Crippen molar-refractivity contribution >= 4 is 0 Å². The summed E-state index contributed by atoms with van der Waals surface area (Å²) in [5, 5.41) is 0. The van der Waals surface area contributed by atoms with Crippen molar-refractivity contribution in [2.24, 2.45) is 5.73 Å². The lowest BCUT2D eigenvalue weighted by atomic mass is 10.2. The molecule has 1 aromatic heterocycles. The van der Waals surface area contributed by atoms with E-state index in [4.69, 9.17) is 5.73 Å². The van der Waals surface area contributed by atoms with Crippen molar-refractivity contribution in [3.05, 3.63) is 24.0 Å². The molecule has 1 aliphatic heterocycles. The fourth-order valence-corrected chi connectivity index (χ4v) is 1.97. The molecule has 3 N–H and O–H groups in total. The van der Waals surface area contributed by atoms with Crippen LogP contribution in [0.1, 0.15) is 25.1 Å². The number of H-pyrrole nitrogens is 1. The van der Waals surface area contributed by atoms with E-state index in [1.54, 1.807) is 0 Å². The van der Waals surface area contributed by atoms with Gasteiger partial charge in [0.2, 0.25) is 0 Å². The summed E-state index contributed by atoms with van der Waals surface area (Å²) in [5.41, 5.74) is 7.15. The zero-order valence-corrected chi connectivity index (χ0v) is 8.03. The Morgan fingerprint density at radius 1 is 1.69 bits per heavy atom. The van der Waals surface area contributed by atoms with E-state index in [0.717, 1.165) is 19.5 Å². The molecule has 72 valence electrons. The Labute approximate surface area is 78.9 Å². The first-order valence-electron chi connectivity index (χ1n) is 4.90. The summed E-state index contributed by atoms with van der Waals surface area (Å²) in [7, 11) is 0. The molecule has 0 radical (unpaired) electrons. The van der Waals surface area contributed by atoms with Gasteiger partial charge in [-0.15, -0.1) is 0 Å². The van der Waals surface area contributed by atoms with Crippen LogP contribution in [-0.2, 0) is 0 Å². The van der Waals surface area contributed by atoms with Gasteiger partial charge in [0.1, 0.15) is 0 Å². The van der Waals surface area contributed by atoms with Crippen molar-refractivity contribution in [2.45, 2.75) is 25.4 Å². The van der Waals surface area contributed by atoms with Crippen molar-refractivity contribution in [3.8, 4) is 0 Å². The highest BCUT2D eigenvalue weighted by atomic mass is 15.2. The highest BCUT2D eigenvalue weighted by molar-refractivity contribution is 5.09. The molecule has 2 heterocycles. The SMILES string of the molecule is CC(c1ccc[nH]1)N1CC[C@@H](N)C1. The number of hydrogen-bond donors (Lipinski definition) is 2. The smallest absolute Gasteiger partial charge is 0.0470 e. The summed E-state index contributed by atoms with van der Waals surface area (Å²) in [6, 6.07) is 5.03. The molecule has 2 rings (SSSR count). The van der Waals surface area contributed by atoms with Gasteiger partial charge >= 0.3 is 0 Å². The first-order valence-corrected chi connectivity index (χ1v) is 4.90. The number of aromatic nitrogens is 1. The average Bonchev–Trinajstić information content (AvgIpc) is 2.72. The predicted molar refractivity (Wildman–Crippen MR) is 53.4 cm³/mol. The first kappa shape index (κ1) is 8.78. The molecule has 0 aromatic carbocycles. The third-order valence-corrected chi connectivity index (χ3v) is 2.88. The number of hydrogen-bond acceptors (Lipinski definition) is 2. The van der Waals surface area contributed by atoms with E-state index in [0.29, 0.717) is 12.1 Å². The number of aromatic amines is 1. The molecule has 1 fully saturated rings. The van der Waals surface area contributed by atoms with E-state index in [1.807, 2.05) is 12.3 Å². The maximum Gasteiger partial charge on any atom is 0.0470 e. The minimum Gasteiger partial charge on any atom is -0.364 e. The lowest BCUT2D eigenvalue weighted by Crippen LogP contribution is -2.28. The minimum atomic E-state index is 0.373. The maximum atomic E-state index is 5.86. The Kier molecular flexibility index (Phi) is 2.38. The first-order chi connectivity index (χ1) is 6.27. The summed E-state index contributed by atoms with van der Waals surface area (Å²) in [6.07, 6.45) is 3.10. The molecule has 2 atom stereocenters. The van der Waals surface area contributed by atoms with Crippen LogP contribution < -0.4 is 5.73 Å². The van der Waals surface area contributed by atoms with Crippen LogP contribution in [-0.4, -0.2) is 29.0 Å². The summed E-state index contributed by atoms with van der Waals surface area (Å²) < 4.78 is 0. The molecule has 0 aliphatic carbocycles. The Hall–Kier alpha value is -0.800. The highest BCUT2D eigenvalue weighted by Gasteiger charge is 2.24. The van der Waals surface area contributed by atoms with Crippen LogP contribution >= 0.6 is 0 Å². The van der Waals surface area contributed by atoms with Gasteiger partial charge in [0, 0.05) is 37.1 Å². The number of nitrogens with zero attached hydrogens (tertiary/aromatic N) is 1. The van der Waals surface area contributed by atoms with Crippen LogP contribution in [0.2, 0.25) is 0 Å². The lowest BCUT2D eigenvalue weighted by molar-refractivity contribution is 0.256. The van der Waals surface area contributed by atoms with Crippen LogP contribution in [0.4, 0.5) is 0 Å². The molecular formula is C10H17N3. The average molecular weight is 179 g/mol. The number of rotatable bonds is 2. The summed E-state index contributed by atoms with van der Waals surface area (Å²) in [5.74, 6) is 0. The van der Waals surface area contributed by atoms with Crippen LogP contribution in [0.5, 0.6) is 0 Å². The topological polar surface area (TPSA) is 45.0 Å². The van der Waals surface area contributed by atoms with E-state index < -0.39 is 0 Å². The van der Waals surface area contributed by atoms with Gasteiger partial charge in [0.25, 0.3) is 0 Å². The van der Waals surface area contributed by atoms with Gasteiger partial charge in [-0.1, -0.05) is 0 Å². The Bertz CT molecular complexity index is 255. The number of nitrogens with one attached hydrogen (secondary N) is 1. The van der Waals surface area contributed by atoms with Crippen molar-refractivity contribution in [3.63, 3.8) is 0 Å². The molecular weight excluding hydrogens is 162 g/mol. The van der Waals surface area contributed by atoms with E-state index >= 15 is 0 Å². The lowest BCUT2D eigenvalue weighted by Gasteiger charge is -2.22. The molecule has 1 aliphatic rings. The van der Waals surface area contributed by atoms with Gasteiger partial charge < -0.3 is 10.7 Å². The zero-order valence-electron chi connectivity index (χ0n) is 8.03. The summed E-state index contributed by atoms with van der Waals surface area (Å²) >= 11 is 0. The van der Waals surface area contributed by atoms with Crippen LogP contribution in [0.25, 0.3) is 0 Å². The second-order valence-electron chi connectivity index (χ2n) is 3.85. The van der Waals surface area contributed by atoms with Gasteiger partial charge in [-0.3, -0.25) is 4.90 Å². The van der Waals surface area contributed by atoms with E-state index in [-0.39, 0.29) is 0 Å². The predicted octanol–water partition coefficient (Wildman–Crippen LogP) is 1.11. The quantitative estimate of drug-likeness (QED) is 0.714. The fourth-order valence-electron chi connectivity index (χ4n) is 1.97. The van der Waals surface area contributed by atoms with Crippen LogP contribution in [0.15, 0.2) is 18.3 Å². The fraction of sp³-hybridized carbons (Fsp3) is 0.600. The molecule has 0 saturated carbocycles. The minimum absolute atomic E-state index is 0.373.